The van der Waals surface area contributed by atoms with Gasteiger partial charge in [-0.2, -0.15) is 0 Å². The summed E-state index contributed by atoms with van der Waals surface area (Å²) in [7, 11) is 2.99. The van der Waals surface area contributed by atoms with Gasteiger partial charge in [-0.05, 0) is 49.5 Å². The molecule has 0 aliphatic rings. The highest BCUT2D eigenvalue weighted by atomic mass is 32.1. The highest BCUT2D eigenvalue weighted by molar-refractivity contribution is 7.80. The summed E-state index contributed by atoms with van der Waals surface area (Å²) in [6, 6.07) is 11.8. The molecule has 136 valence electrons. The van der Waals surface area contributed by atoms with E-state index in [0.29, 0.717) is 22.6 Å². The number of benzene rings is 2. The van der Waals surface area contributed by atoms with E-state index in [2.05, 4.69) is 16.2 Å². The molecule has 0 aliphatic carbocycles. The molecule has 2 amide bonds. The third kappa shape index (κ3) is 4.93. The van der Waals surface area contributed by atoms with Gasteiger partial charge in [-0.1, -0.05) is 17.7 Å². The number of rotatable bonds is 4. The second-order valence-electron chi connectivity index (χ2n) is 5.30. The first-order valence-corrected chi connectivity index (χ1v) is 8.05. The van der Waals surface area contributed by atoms with Crippen LogP contribution in [0.5, 0.6) is 11.5 Å². The van der Waals surface area contributed by atoms with Crippen molar-refractivity contribution in [1.82, 2.24) is 16.2 Å². The van der Waals surface area contributed by atoms with Crippen molar-refractivity contribution in [1.29, 1.82) is 0 Å². The third-order valence-corrected chi connectivity index (χ3v) is 3.65. The molecule has 2 rings (SSSR count). The molecule has 0 fully saturated rings. The summed E-state index contributed by atoms with van der Waals surface area (Å²) < 4.78 is 10.3. The average Bonchev–Trinajstić information content (AvgIpc) is 2.65. The van der Waals surface area contributed by atoms with Gasteiger partial charge in [0.25, 0.3) is 11.8 Å². The van der Waals surface area contributed by atoms with Crippen molar-refractivity contribution in [2.45, 2.75) is 6.92 Å². The Bertz CT molecular complexity index is 839. The molecule has 0 radical (unpaired) electrons. The summed E-state index contributed by atoms with van der Waals surface area (Å²) in [6.45, 7) is 1.89. The Morgan fingerprint density at radius 3 is 2.23 bits per heavy atom. The number of carbonyl (C=O) groups excluding carboxylic acids is 2. The number of amides is 2. The molecule has 0 aliphatic heterocycles. The highest BCUT2D eigenvalue weighted by Crippen LogP contribution is 2.27. The molecule has 0 heterocycles. The van der Waals surface area contributed by atoms with Gasteiger partial charge in [-0.15, -0.1) is 0 Å². The van der Waals surface area contributed by atoms with Gasteiger partial charge >= 0.3 is 0 Å². The molecule has 0 atom stereocenters. The zero-order valence-corrected chi connectivity index (χ0v) is 15.4. The van der Waals surface area contributed by atoms with Gasteiger partial charge in [0, 0.05) is 11.1 Å². The Hall–Kier alpha value is -3.13. The topological polar surface area (TPSA) is 88.7 Å². The van der Waals surface area contributed by atoms with Gasteiger partial charge in [0.05, 0.1) is 14.2 Å². The summed E-state index contributed by atoms with van der Waals surface area (Å²) in [6.07, 6.45) is 0. The standard InChI is InChI=1S/C18H19N3O4S/c1-11-5-4-6-12(9-11)16(22)19-18(26)21-20-17(23)13-7-8-14(24-2)15(10-13)25-3/h4-10H,1-3H3,(H,20,23)(H2,19,21,22,26). The molecular formula is C18H19N3O4S. The van der Waals surface area contributed by atoms with Crippen molar-refractivity contribution in [2.24, 2.45) is 0 Å². The van der Waals surface area contributed by atoms with Crippen LogP contribution in [0.3, 0.4) is 0 Å². The second kappa shape index (κ2) is 8.82. The molecule has 7 nitrogen and oxygen atoms in total. The van der Waals surface area contributed by atoms with Gasteiger partial charge in [0.15, 0.2) is 16.6 Å². The minimum absolute atomic E-state index is 0.0228. The number of aryl methyl sites for hydroxylation is 1. The fourth-order valence-electron chi connectivity index (χ4n) is 2.16. The number of thiocarbonyl (C=S) groups is 1. The Morgan fingerprint density at radius 2 is 1.58 bits per heavy atom. The Balaban J connectivity index is 1.92. The number of nitrogens with one attached hydrogen (secondary N) is 3. The lowest BCUT2D eigenvalue weighted by atomic mass is 10.1. The monoisotopic (exact) mass is 373 g/mol. The van der Waals surface area contributed by atoms with Crippen LogP contribution in [0, 0.1) is 6.92 Å². The van der Waals surface area contributed by atoms with E-state index < -0.39 is 5.91 Å². The van der Waals surface area contributed by atoms with Crippen LogP contribution in [0.15, 0.2) is 42.5 Å². The Kier molecular flexibility index (Phi) is 6.51. The normalized spacial score (nSPS) is 9.81. The van der Waals surface area contributed by atoms with Crippen molar-refractivity contribution in [2.75, 3.05) is 14.2 Å². The largest absolute Gasteiger partial charge is 0.493 e. The van der Waals surface area contributed by atoms with Gasteiger partial charge in [0.1, 0.15) is 0 Å². The first-order chi connectivity index (χ1) is 12.4. The van der Waals surface area contributed by atoms with Crippen LogP contribution in [0.1, 0.15) is 26.3 Å². The van der Waals surface area contributed by atoms with E-state index in [1.807, 2.05) is 13.0 Å². The molecule has 0 saturated heterocycles. The molecule has 0 bridgehead atoms. The minimum Gasteiger partial charge on any atom is -0.493 e. The number of hydrogen-bond acceptors (Lipinski definition) is 5. The lowest BCUT2D eigenvalue weighted by Crippen LogP contribution is -2.48. The molecule has 0 saturated carbocycles. The molecule has 0 aromatic heterocycles. The fourth-order valence-corrected chi connectivity index (χ4v) is 2.30. The van der Waals surface area contributed by atoms with Crippen LogP contribution in [0.25, 0.3) is 0 Å². The summed E-state index contributed by atoms with van der Waals surface area (Å²) in [4.78, 5) is 24.3. The first-order valence-electron chi connectivity index (χ1n) is 7.65. The van der Waals surface area contributed by atoms with Gasteiger partial charge in [0.2, 0.25) is 0 Å². The number of hydrazine groups is 1. The summed E-state index contributed by atoms with van der Waals surface area (Å²) >= 11 is 5.02. The predicted molar refractivity (Wildman–Crippen MR) is 101 cm³/mol. The maximum Gasteiger partial charge on any atom is 0.269 e. The second-order valence-corrected chi connectivity index (χ2v) is 5.71. The number of hydrogen-bond donors (Lipinski definition) is 3. The molecular weight excluding hydrogens is 354 g/mol. The van der Waals surface area contributed by atoms with E-state index in [-0.39, 0.29) is 11.0 Å². The van der Waals surface area contributed by atoms with E-state index in [4.69, 9.17) is 21.7 Å². The van der Waals surface area contributed by atoms with Gasteiger partial charge in [-0.25, -0.2) is 0 Å². The number of carbonyl (C=O) groups is 2. The molecule has 3 N–H and O–H groups in total. The number of methoxy groups -OCH3 is 2. The molecule has 0 unspecified atom stereocenters. The Morgan fingerprint density at radius 1 is 0.885 bits per heavy atom. The zero-order chi connectivity index (χ0) is 19.1. The zero-order valence-electron chi connectivity index (χ0n) is 14.6. The van der Waals surface area contributed by atoms with Crippen LogP contribution in [0.4, 0.5) is 0 Å². The molecule has 2 aromatic carbocycles. The smallest absolute Gasteiger partial charge is 0.269 e. The molecule has 2 aromatic rings. The maximum atomic E-state index is 12.2. The van der Waals surface area contributed by atoms with E-state index >= 15 is 0 Å². The van der Waals surface area contributed by atoms with Gasteiger partial charge < -0.3 is 9.47 Å². The van der Waals surface area contributed by atoms with E-state index in [1.54, 1.807) is 30.3 Å². The van der Waals surface area contributed by atoms with Crippen LogP contribution < -0.4 is 25.6 Å². The third-order valence-electron chi connectivity index (χ3n) is 3.44. The van der Waals surface area contributed by atoms with Crippen LogP contribution in [0.2, 0.25) is 0 Å². The molecule has 8 heteroatoms. The van der Waals surface area contributed by atoms with Crippen LogP contribution in [-0.2, 0) is 0 Å². The summed E-state index contributed by atoms with van der Waals surface area (Å²) in [5.41, 5.74) is 6.67. The summed E-state index contributed by atoms with van der Waals surface area (Å²) in [5, 5.41) is 2.47. The van der Waals surface area contributed by atoms with E-state index in [9.17, 15) is 9.59 Å². The van der Waals surface area contributed by atoms with E-state index in [0.717, 1.165) is 5.56 Å². The lowest BCUT2D eigenvalue weighted by molar-refractivity contribution is 0.0934. The minimum atomic E-state index is -0.446. The SMILES string of the molecule is COc1ccc(C(=O)NNC(=S)NC(=O)c2cccc(C)c2)cc1OC. The predicted octanol–water partition coefficient (Wildman–Crippen LogP) is 1.96. The Labute approximate surface area is 156 Å². The first kappa shape index (κ1) is 19.2. The fraction of sp³-hybridized carbons (Fsp3) is 0.167. The number of ether oxygens (including phenoxy) is 2. The summed E-state index contributed by atoms with van der Waals surface area (Å²) in [5.74, 6) is 0.123. The van der Waals surface area contributed by atoms with Crippen molar-refractivity contribution in [3.8, 4) is 11.5 Å². The van der Waals surface area contributed by atoms with Crippen LogP contribution in [-0.4, -0.2) is 31.1 Å². The van der Waals surface area contributed by atoms with Crippen molar-refractivity contribution >= 4 is 29.1 Å². The van der Waals surface area contributed by atoms with Crippen LogP contribution >= 0.6 is 12.2 Å². The lowest BCUT2D eigenvalue weighted by Gasteiger charge is -2.12. The average molecular weight is 373 g/mol. The van der Waals surface area contributed by atoms with E-state index in [1.165, 1.54) is 20.3 Å². The van der Waals surface area contributed by atoms with Gasteiger partial charge in [-0.3, -0.25) is 25.8 Å². The molecule has 0 spiro atoms. The van der Waals surface area contributed by atoms with Crippen molar-refractivity contribution in [3.05, 3.63) is 59.2 Å². The van der Waals surface area contributed by atoms with Crippen molar-refractivity contribution in [3.63, 3.8) is 0 Å². The highest BCUT2D eigenvalue weighted by Gasteiger charge is 2.12. The van der Waals surface area contributed by atoms with Crippen molar-refractivity contribution < 1.29 is 19.1 Å². The molecule has 26 heavy (non-hydrogen) atoms. The maximum absolute atomic E-state index is 12.2. The quantitative estimate of drug-likeness (QED) is 0.561.